The molecule has 1 heterocycles. The zero-order chi connectivity index (χ0) is 18.4. The van der Waals surface area contributed by atoms with Gasteiger partial charge >= 0.3 is 0 Å². The molecule has 0 unspecified atom stereocenters. The van der Waals surface area contributed by atoms with Crippen molar-refractivity contribution in [1.29, 1.82) is 0 Å². The van der Waals surface area contributed by atoms with Gasteiger partial charge in [-0.25, -0.2) is 0 Å². The number of aryl methyl sites for hydroxylation is 1. The number of rotatable bonds is 5. The molecule has 0 saturated heterocycles. The van der Waals surface area contributed by atoms with Crippen LogP contribution in [0.15, 0.2) is 79.0 Å². The number of carbonyl (C=O) groups excluding carboxylic acids is 1. The molecule has 0 spiro atoms. The Balaban J connectivity index is 1.88. The first-order valence-corrected chi connectivity index (χ1v) is 8.37. The van der Waals surface area contributed by atoms with Gasteiger partial charge in [0.05, 0.1) is 17.9 Å². The Bertz CT molecular complexity index is 903. The van der Waals surface area contributed by atoms with Gasteiger partial charge in [0, 0.05) is 12.3 Å². The van der Waals surface area contributed by atoms with E-state index in [0.29, 0.717) is 5.69 Å². The van der Waals surface area contributed by atoms with E-state index in [0.717, 1.165) is 11.3 Å². The number of anilines is 1. The first kappa shape index (κ1) is 17.4. The van der Waals surface area contributed by atoms with E-state index in [9.17, 15) is 9.90 Å². The fourth-order valence-electron chi connectivity index (χ4n) is 2.56. The minimum atomic E-state index is -0.224. The second kappa shape index (κ2) is 8.12. The molecule has 1 N–H and O–H groups in total. The molecule has 1 aromatic heterocycles. The van der Waals surface area contributed by atoms with Crippen molar-refractivity contribution in [1.82, 2.24) is 4.98 Å². The average Bonchev–Trinajstić information content (AvgIpc) is 2.67. The van der Waals surface area contributed by atoms with Crippen molar-refractivity contribution in [3.63, 3.8) is 0 Å². The molecule has 0 saturated carbocycles. The zero-order valence-electron chi connectivity index (χ0n) is 14.5. The Hall–Kier alpha value is -3.40. The summed E-state index contributed by atoms with van der Waals surface area (Å²) in [4.78, 5) is 18.6. The van der Waals surface area contributed by atoms with Gasteiger partial charge in [-0.1, -0.05) is 48.0 Å². The number of aromatic hydroxyl groups is 1. The van der Waals surface area contributed by atoms with Crippen LogP contribution < -0.4 is 4.90 Å². The summed E-state index contributed by atoms with van der Waals surface area (Å²) in [5.41, 5.74) is 3.31. The van der Waals surface area contributed by atoms with Crippen LogP contribution >= 0.6 is 0 Å². The molecule has 0 radical (unpaired) electrons. The van der Waals surface area contributed by atoms with Crippen LogP contribution in [0, 0.1) is 6.92 Å². The highest BCUT2D eigenvalue weighted by Gasteiger charge is 2.17. The van der Waals surface area contributed by atoms with Gasteiger partial charge in [-0.15, -0.1) is 0 Å². The van der Waals surface area contributed by atoms with E-state index in [1.165, 1.54) is 16.5 Å². The summed E-state index contributed by atoms with van der Waals surface area (Å²) in [6.45, 7) is 2.29. The number of nitrogens with zero attached hydrogens (tertiary/aromatic N) is 2. The highest BCUT2D eigenvalue weighted by molar-refractivity contribution is 6.04. The Labute approximate surface area is 153 Å². The molecule has 3 rings (SSSR count). The predicted molar refractivity (Wildman–Crippen MR) is 104 cm³/mol. The first-order chi connectivity index (χ1) is 12.6. The number of aromatic nitrogens is 1. The first-order valence-electron chi connectivity index (χ1n) is 8.37. The topological polar surface area (TPSA) is 53.4 Å². The van der Waals surface area contributed by atoms with Crippen LogP contribution in [-0.4, -0.2) is 16.0 Å². The molecule has 4 heteroatoms. The zero-order valence-corrected chi connectivity index (χ0v) is 14.5. The Kier molecular flexibility index (Phi) is 5.44. The van der Waals surface area contributed by atoms with Crippen LogP contribution in [0.1, 0.15) is 16.8 Å². The lowest BCUT2D eigenvalue weighted by atomic mass is 10.1. The number of pyridine rings is 1. The van der Waals surface area contributed by atoms with Crippen LogP contribution in [0.2, 0.25) is 0 Å². The Morgan fingerprint density at radius 2 is 1.77 bits per heavy atom. The van der Waals surface area contributed by atoms with E-state index < -0.39 is 0 Å². The maximum Gasteiger partial charge on any atom is 0.251 e. The van der Waals surface area contributed by atoms with Gasteiger partial charge < -0.3 is 5.11 Å². The van der Waals surface area contributed by atoms with Crippen molar-refractivity contribution < 1.29 is 9.90 Å². The fraction of sp³-hybridized carbons (Fsp3) is 0.0909. The molecule has 0 aliphatic rings. The molecule has 26 heavy (non-hydrogen) atoms. The molecule has 0 bridgehead atoms. The standard InChI is InChI=1S/C22H20N2O2/c1-17-9-11-18(12-10-17)13-14-22(26)24(16-19-6-4-5-15-23-19)20-7-2-3-8-21(20)25/h2-15,25H,16H2,1H3/b14-13+. The molecule has 4 nitrogen and oxygen atoms in total. The third-order valence-corrected chi connectivity index (χ3v) is 3.98. The number of hydrogen-bond acceptors (Lipinski definition) is 3. The van der Waals surface area contributed by atoms with E-state index in [-0.39, 0.29) is 18.2 Å². The second-order valence-corrected chi connectivity index (χ2v) is 5.98. The minimum absolute atomic E-state index is 0.0560. The number of carbonyl (C=O) groups is 1. The number of amides is 1. The molecule has 0 aliphatic heterocycles. The third-order valence-electron chi connectivity index (χ3n) is 3.98. The van der Waals surface area contributed by atoms with Crippen molar-refractivity contribution in [2.75, 3.05) is 4.90 Å². The molecular weight excluding hydrogens is 324 g/mol. The highest BCUT2D eigenvalue weighted by Crippen LogP contribution is 2.28. The van der Waals surface area contributed by atoms with Gasteiger partial charge in [0.25, 0.3) is 5.91 Å². The maximum atomic E-state index is 12.8. The largest absolute Gasteiger partial charge is 0.506 e. The maximum absolute atomic E-state index is 12.8. The summed E-state index contributed by atoms with van der Waals surface area (Å²) in [7, 11) is 0. The van der Waals surface area contributed by atoms with Crippen LogP contribution in [0.4, 0.5) is 5.69 Å². The second-order valence-electron chi connectivity index (χ2n) is 5.98. The SMILES string of the molecule is Cc1ccc(/C=C/C(=O)N(Cc2ccccn2)c2ccccc2O)cc1. The summed E-state index contributed by atoms with van der Waals surface area (Å²) in [6, 6.07) is 20.3. The molecule has 1 amide bonds. The monoisotopic (exact) mass is 344 g/mol. The fourth-order valence-corrected chi connectivity index (χ4v) is 2.56. The summed E-state index contributed by atoms with van der Waals surface area (Å²) >= 11 is 0. The van der Waals surface area contributed by atoms with Crippen LogP contribution in [-0.2, 0) is 11.3 Å². The molecule has 0 fully saturated rings. The molecule has 130 valence electrons. The summed E-state index contributed by atoms with van der Waals surface area (Å²) in [5, 5.41) is 10.2. The van der Waals surface area contributed by atoms with Gasteiger partial charge in [-0.05, 0) is 42.8 Å². The third kappa shape index (κ3) is 4.36. The quantitative estimate of drug-likeness (QED) is 0.701. The van der Waals surface area contributed by atoms with E-state index in [1.807, 2.05) is 49.4 Å². The number of para-hydroxylation sites is 2. The predicted octanol–water partition coefficient (Wildman–Crippen LogP) is 4.34. The van der Waals surface area contributed by atoms with Gasteiger partial charge in [-0.3, -0.25) is 14.7 Å². The van der Waals surface area contributed by atoms with Crippen molar-refractivity contribution in [2.45, 2.75) is 13.5 Å². The van der Waals surface area contributed by atoms with Crippen molar-refractivity contribution in [3.8, 4) is 5.75 Å². The number of phenols is 1. The smallest absolute Gasteiger partial charge is 0.251 e. The van der Waals surface area contributed by atoms with E-state index in [4.69, 9.17) is 0 Å². The highest BCUT2D eigenvalue weighted by atomic mass is 16.3. The van der Waals surface area contributed by atoms with Crippen molar-refractivity contribution in [2.24, 2.45) is 0 Å². The van der Waals surface area contributed by atoms with Gasteiger partial charge in [-0.2, -0.15) is 0 Å². The summed E-state index contributed by atoms with van der Waals surface area (Å²) < 4.78 is 0. The number of hydrogen-bond donors (Lipinski definition) is 1. The van der Waals surface area contributed by atoms with E-state index in [1.54, 1.807) is 36.5 Å². The lowest BCUT2D eigenvalue weighted by molar-refractivity contribution is -0.114. The molecule has 0 atom stereocenters. The van der Waals surface area contributed by atoms with E-state index in [2.05, 4.69) is 4.98 Å². The van der Waals surface area contributed by atoms with Crippen molar-refractivity contribution >= 4 is 17.7 Å². The van der Waals surface area contributed by atoms with E-state index >= 15 is 0 Å². The van der Waals surface area contributed by atoms with Gasteiger partial charge in [0.2, 0.25) is 0 Å². The normalized spacial score (nSPS) is 10.8. The molecule has 0 aliphatic carbocycles. The Morgan fingerprint density at radius 1 is 1.04 bits per heavy atom. The van der Waals surface area contributed by atoms with Crippen LogP contribution in [0.25, 0.3) is 6.08 Å². The lowest BCUT2D eigenvalue weighted by Crippen LogP contribution is -2.29. The van der Waals surface area contributed by atoms with Gasteiger partial charge in [0.15, 0.2) is 0 Å². The number of benzene rings is 2. The summed E-state index contributed by atoms with van der Waals surface area (Å²) in [6.07, 6.45) is 4.97. The van der Waals surface area contributed by atoms with Gasteiger partial charge in [0.1, 0.15) is 5.75 Å². The molecular formula is C22H20N2O2. The van der Waals surface area contributed by atoms with Crippen LogP contribution in [0.5, 0.6) is 5.75 Å². The number of phenolic OH excluding ortho intramolecular Hbond substituents is 1. The van der Waals surface area contributed by atoms with Crippen LogP contribution in [0.3, 0.4) is 0 Å². The molecule has 2 aromatic carbocycles. The lowest BCUT2D eigenvalue weighted by Gasteiger charge is -2.22. The van der Waals surface area contributed by atoms with Crippen molar-refractivity contribution in [3.05, 3.63) is 95.8 Å². The summed E-state index contributed by atoms with van der Waals surface area (Å²) in [5.74, 6) is -0.168. The average molecular weight is 344 g/mol. The molecule has 3 aromatic rings. The Morgan fingerprint density at radius 3 is 2.46 bits per heavy atom. The minimum Gasteiger partial charge on any atom is -0.506 e.